The van der Waals surface area contributed by atoms with Gasteiger partial charge in [-0.25, -0.2) is 17.6 Å². The highest BCUT2D eigenvalue weighted by Gasteiger charge is 2.32. The van der Waals surface area contributed by atoms with Gasteiger partial charge in [0, 0.05) is 62.6 Å². The lowest BCUT2D eigenvalue weighted by Gasteiger charge is -2.35. The fourth-order valence-electron chi connectivity index (χ4n) is 5.16. The van der Waals surface area contributed by atoms with Crippen LogP contribution < -0.4 is 4.90 Å². The maximum Gasteiger partial charge on any atom is 0.401 e. The van der Waals surface area contributed by atoms with Crippen molar-refractivity contribution in [1.29, 1.82) is 0 Å². The molecule has 0 N–H and O–H groups in total. The molecule has 2 saturated heterocycles. The highest BCUT2D eigenvalue weighted by molar-refractivity contribution is 7.91. The Morgan fingerprint density at radius 2 is 1.58 bits per heavy atom. The van der Waals surface area contributed by atoms with E-state index >= 15 is 4.39 Å². The Bertz CT molecular complexity index is 1580. The Morgan fingerprint density at radius 1 is 0.933 bits per heavy atom. The van der Waals surface area contributed by atoms with E-state index in [4.69, 9.17) is 4.42 Å². The van der Waals surface area contributed by atoms with Crippen molar-refractivity contribution in [2.24, 2.45) is 0 Å². The summed E-state index contributed by atoms with van der Waals surface area (Å²) in [4.78, 5) is 19.7. The fraction of sp³-hybridized carbons (Fsp3) is 0.464. The van der Waals surface area contributed by atoms with Crippen LogP contribution in [0.5, 0.6) is 0 Å². The van der Waals surface area contributed by atoms with E-state index in [1.54, 1.807) is 24.3 Å². The average Bonchev–Trinajstić information content (AvgIpc) is 3.48. The van der Waals surface area contributed by atoms with Crippen molar-refractivity contribution < 1.29 is 44.0 Å². The van der Waals surface area contributed by atoms with Crippen molar-refractivity contribution in [3.63, 3.8) is 0 Å². The van der Waals surface area contributed by atoms with E-state index in [0.717, 1.165) is 11.6 Å². The fourth-order valence-corrected chi connectivity index (χ4v) is 6.36. The van der Waals surface area contributed by atoms with Crippen LogP contribution in [-0.2, 0) is 22.9 Å². The van der Waals surface area contributed by atoms with Crippen LogP contribution in [0.4, 0.5) is 36.8 Å². The number of halogens is 6. The van der Waals surface area contributed by atoms with Gasteiger partial charge in [0.1, 0.15) is 5.82 Å². The number of hydrogen-bond acceptors (Lipinski definition) is 8. The number of aromatic nitrogens is 2. The number of nitrogens with zero attached hydrogens (tertiary/aromatic N) is 6. The molecule has 3 aromatic rings. The minimum atomic E-state index is -4.25. The Kier molecular flexibility index (Phi) is 9.69. The number of urea groups is 1. The number of sulfone groups is 1. The number of rotatable bonds is 8. The number of piperazine rings is 1. The van der Waals surface area contributed by atoms with Gasteiger partial charge in [0.25, 0.3) is 5.89 Å². The van der Waals surface area contributed by atoms with Crippen LogP contribution in [0.25, 0.3) is 11.5 Å². The first-order chi connectivity index (χ1) is 21.3. The highest BCUT2D eigenvalue weighted by Crippen LogP contribution is 2.27. The summed E-state index contributed by atoms with van der Waals surface area (Å²) >= 11 is 0. The predicted molar refractivity (Wildman–Crippen MR) is 151 cm³/mol. The Morgan fingerprint density at radius 3 is 2.16 bits per heavy atom. The number of carbonyl (C=O) groups excluding carboxylic acids is 1. The number of hydrogen-bond donors (Lipinski definition) is 0. The van der Waals surface area contributed by atoms with Crippen molar-refractivity contribution in [1.82, 2.24) is 24.9 Å². The summed E-state index contributed by atoms with van der Waals surface area (Å²) in [5.74, 6) is -2.35. The molecule has 2 aliphatic rings. The zero-order chi connectivity index (χ0) is 32.4. The van der Waals surface area contributed by atoms with Gasteiger partial charge in [-0.05, 0) is 29.8 Å². The Labute approximate surface area is 255 Å². The van der Waals surface area contributed by atoms with Gasteiger partial charge in [0.05, 0.1) is 24.6 Å². The van der Waals surface area contributed by atoms with Gasteiger partial charge in [0.15, 0.2) is 9.84 Å². The second kappa shape index (κ2) is 13.3. The molecule has 2 aliphatic heterocycles. The molecule has 3 heterocycles. The zero-order valence-electron chi connectivity index (χ0n) is 23.9. The number of anilines is 1. The molecule has 0 spiro atoms. The maximum absolute atomic E-state index is 15.3. The number of alkyl halides is 5. The first-order valence-corrected chi connectivity index (χ1v) is 15.9. The number of benzene rings is 2. The summed E-state index contributed by atoms with van der Waals surface area (Å²) in [5.41, 5.74) is 1.43. The smallest absolute Gasteiger partial charge is 0.401 e. The van der Waals surface area contributed by atoms with Crippen LogP contribution in [0.15, 0.2) is 46.9 Å². The third-order valence-electron chi connectivity index (χ3n) is 7.62. The molecule has 1 aromatic heterocycles. The molecule has 5 rings (SSSR count). The molecule has 2 aromatic carbocycles. The SMILES string of the molecule is O=C(N1CCS(=O)(=O)CC1)N(Cc1ccc(-c2nnc(C(F)F)o2)cc1F)c1ccc(CN2CCN(CC(F)(F)F)CC2)cc1. The summed E-state index contributed by atoms with van der Waals surface area (Å²) in [6.07, 6.45) is -7.23. The first kappa shape index (κ1) is 32.7. The molecule has 10 nitrogen and oxygen atoms in total. The molecule has 45 heavy (non-hydrogen) atoms. The van der Waals surface area contributed by atoms with Gasteiger partial charge in [-0.2, -0.15) is 22.0 Å². The lowest BCUT2D eigenvalue weighted by Crippen LogP contribution is -2.49. The minimum Gasteiger partial charge on any atom is -0.415 e. The van der Waals surface area contributed by atoms with Crippen LogP contribution >= 0.6 is 0 Å². The molecule has 244 valence electrons. The quantitative estimate of drug-likeness (QED) is 0.329. The predicted octanol–water partition coefficient (Wildman–Crippen LogP) is 4.35. The molecule has 0 bridgehead atoms. The van der Waals surface area contributed by atoms with Crippen molar-refractivity contribution in [3.05, 3.63) is 65.3 Å². The van der Waals surface area contributed by atoms with E-state index in [1.807, 2.05) is 4.90 Å². The largest absolute Gasteiger partial charge is 0.415 e. The van der Waals surface area contributed by atoms with E-state index in [2.05, 4.69) is 10.2 Å². The molecule has 0 unspecified atom stereocenters. The Hall–Kier alpha value is -3.70. The molecule has 0 radical (unpaired) electrons. The molecule has 0 saturated carbocycles. The topological polar surface area (TPSA) is 103 Å². The maximum atomic E-state index is 15.3. The van der Waals surface area contributed by atoms with E-state index in [1.165, 1.54) is 26.8 Å². The molecule has 0 aliphatic carbocycles. The number of carbonyl (C=O) groups is 1. The minimum absolute atomic E-state index is 0.0267. The lowest BCUT2D eigenvalue weighted by molar-refractivity contribution is -0.149. The van der Waals surface area contributed by atoms with Crippen LogP contribution in [-0.4, -0.2) is 103 Å². The van der Waals surface area contributed by atoms with Crippen LogP contribution in [0.2, 0.25) is 0 Å². The monoisotopic (exact) mass is 660 g/mol. The van der Waals surface area contributed by atoms with Crippen molar-refractivity contribution >= 4 is 21.6 Å². The molecule has 2 amide bonds. The molecular weight excluding hydrogens is 630 g/mol. The lowest BCUT2D eigenvalue weighted by atomic mass is 10.1. The number of amides is 2. The third kappa shape index (κ3) is 8.52. The average molecular weight is 661 g/mol. The van der Waals surface area contributed by atoms with Gasteiger partial charge < -0.3 is 9.32 Å². The Balaban J connectivity index is 1.32. The van der Waals surface area contributed by atoms with Gasteiger partial charge in [-0.1, -0.05) is 18.2 Å². The van der Waals surface area contributed by atoms with Crippen molar-refractivity contribution in [2.75, 3.05) is 62.2 Å². The summed E-state index contributed by atoms with van der Waals surface area (Å²) in [6, 6.07) is 10.2. The van der Waals surface area contributed by atoms with Gasteiger partial charge in [-0.3, -0.25) is 14.7 Å². The summed E-state index contributed by atoms with van der Waals surface area (Å²) in [7, 11) is -3.27. The molecule has 17 heteroatoms. The van der Waals surface area contributed by atoms with E-state index in [9.17, 15) is 35.2 Å². The van der Waals surface area contributed by atoms with Gasteiger partial charge in [0.2, 0.25) is 5.89 Å². The van der Waals surface area contributed by atoms with Crippen LogP contribution in [0.1, 0.15) is 23.4 Å². The summed E-state index contributed by atoms with van der Waals surface area (Å²) < 4.78 is 108. The molecule has 2 fully saturated rings. The standard InChI is InChI=1S/C28H30F6N6O4S/c29-23-15-20(25-35-36-26(44-25)24(30)31)3-4-21(23)17-40(27(41)39-11-13-45(42,43)14-12-39)22-5-1-19(2-6-22)16-37-7-9-38(10-8-37)18-28(32,33)34/h1-6,15,24H,7-14,16-18H2. The van der Waals surface area contributed by atoms with E-state index in [-0.39, 0.29) is 61.2 Å². The van der Waals surface area contributed by atoms with Crippen LogP contribution in [0.3, 0.4) is 0 Å². The van der Waals surface area contributed by atoms with Crippen molar-refractivity contribution in [2.45, 2.75) is 25.7 Å². The highest BCUT2D eigenvalue weighted by atomic mass is 32.2. The van der Waals surface area contributed by atoms with Crippen LogP contribution in [0, 0.1) is 5.82 Å². The zero-order valence-corrected chi connectivity index (χ0v) is 24.7. The molecule has 0 atom stereocenters. The second-order valence-corrected chi connectivity index (χ2v) is 13.2. The van der Waals surface area contributed by atoms with Gasteiger partial charge in [-0.15, -0.1) is 10.2 Å². The third-order valence-corrected chi connectivity index (χ3v) is 9.23. The van der Waals surface area contributed by atoms with Gasteiger partial charge >= 0.3 is 18.6 Å². The van der Waals surface area contributed by atoms with E-state index in [0.29, 0.717) is 25.3 Å². The molecular formula is C28H30F6N6O4S. The van der Waals surface area contributed by atoms with E-state index < -0.39 is 46.7 Å². The summed E-state index contributed by atoms with van der Waals surface area (Å²) in [5, 5.41) is 6.76. The normalized spacial score (nSPS) is 18.0. The first-order valence-electron chi connectivity index (χ1n) is 14.0. The van der Waals surface area contributed by atoms with Crippen molar-refractivity contribution in [3.8, 4) is 11.5 Å². The summed E-state index contributed by atoms with van der Waals surface area (Å²) in [6.45, 7) is 0.749. The second-order valence-electron chi connectivity index (χ2n) is 10.9.